The highest BCUT2D eigenvalue weighted by Crippen LogP contribution is 2.43. The van der Waals surface area contributed by atoms with Crippen LogP contribution in [0.2, 0.25) is 0 Å². The molecule has 0 radical (unpaired) electrons. The van der Waals surface area contributed by atoms with Crippen LogP contribution in [0, 0.1) is 0 Å². The monoisotopic (exact) mass is 265 g/mol. The summed E-state index contributed by atoms with van der Waals surface area (Å²) in [4.78, 5) is 11.9. The lowest BCUT2D eigenvalue weighted by molar-refractivity contribution is 0.0202. The molecule has 3 nitrogen and oxygen atoms in total. The van der Waals surface area contributed by atoms with Gasteiger partial charge in [0.2, 0.25) is 0 Å². The summed E-state index contributed by atoms with van der Waals surface area (Å²) >= 11 is 0. The van der Waals surface area contributed by atoms with Crippen molar-refractivity contribution >= 4 is 6.09 Å². The number of rotatable bonds is 2. The van der Waals surface area contributed by atoms with E-state index in [4.69, 9.17) is 4.74 Å². The summed E-state index contributed by atoms with van der Waals surface area (Å²) in [6.45, 7) is 5.42. The van der Waals surface area contributed by atoms with E-state index < -0.39 is 23.4 Å². The van der Waals surface area contributed by atoms with Gasteiger partial charge in [0.1, 0.15) is 11.8 Å². The normalized spacial score (nSPS) is 26.4. The topological polar surface area (TPSA) is 38.3 Å². The van der Waals surface area contributed by atoms with Crippen LogP contribution in [0.25, 0.3) is 0 Å². The molecule has 0 atom stereocenters. The lowest BCUT2D eigenvalue weighted by atomic mass is 9.70. The highest BCUT2D eigenvalue weighted by Gasteiger charge is 2.47. The summed E-state index contributed by atoms with van der Waals surface area (Å²) in [6.07, 6.45) is -0.759. The zero-order valence-corrected chi connectivity index (χ0v) is 11.6. The van der Waals surface area contributed by atoms with Gasteiger partial charge < -0.3 is 10.1 Å². The molecule has 1 amide bonds. The van der Waals surface area contributed by atoms with E-state index in [1.165, 1.54) is 0 Å². The van der Waals surface area contributed by atoms with Crippen LogP contribution in [-0.4, -0.2) is 17.9 Å². The Morgan fingerprint density at radius 3 is 2.37 bits per heavy atom. The van der Waals surface area contributed by atoms with Gasteiger partial charge in [-0.1, -0.05) is 30.3 Å². The van der Waals surface area contributed by atoms with Crippen molar-refractivity contribution in [3.63, 3.8) is 0 Å². The average Bonchev–Trinajstić information content (AvgIpc) is 2.25. The second-order valence-electron chi connectivity index (χ2n) is 6.08. The molecule has 0 spiro atoms. The average molecular weight is 265 g/mol. The molecule has 19 heavy (non-hydrogen) atoms. The van der Waals surface area contributed by atoms with Crippen LogP contribution in [0.15, 0.2) is 30.3 Å². The predicted molar refractivity (Wildman–Crippen MR) is 71.6 cm³/mol. The molecular weight excluding hydrogens is 245 g/mol. The van der Waals surface area contributed by atoms with Crippen LogP contribution >= 0.6 is 0 Å². The minimum absolute atomic E-state index is 0.302. The van der Waals surface area contributed by atoms with E-state index in [9.17, 15) is 9.18 Å². The molecule has 104 valence electrons. The lowest BCUT2D eigenvalue weighted by Crippen LogP contribution is -2.56. The van der Waals surface area contributed by atoms with E-state index in [1.54, 1.807) is 20.8 Å². The fourth-order valence-corrected chi connectivity index (χ4v) is 2.36. The van der Waals surface area contributed by atoms with Gasteiger partial charge in [-0.05, 0) is 26.3 Å². The fraction of sp³-hybridized carbons (Fsp3) is 0.533. The molecule has 0 saturated heterocycles. The van der Waals surface area contributed by atoms with E-state index in [1.807, 2.05) is 30.3 Å². The molecule has 1 aromatic carbocycles. The number of alkyl halides is 1. The Morgan fingerprint density at radius 1 is 1.32 bits per heavy atom. The van der Waals surface area contributed by atoms with Crippen LogP contribution in [0.1, 0.15) is 39.2 Å². The molecule has 1 aliphatic carbocycles. The third-order valence-corrected chi connectivity index (χ3v) is 3.21. The maximum Gasteiger partial charge on any atom is 0.408 e. The van der Waals surface area contributed by atoms with Gasteiger partial charge in [-0.25, -0.2) is 9.18 Å². The molecule has 1 N–H and O–H groups in total. The summed E-state index contributed by atoms with van der Waals surface area (Å²) in [7, 11) is 0. The molecule has 0 heterocycles. The van der Waals surface area contributed by atoms with E-state index in [0.29, 0.717) is 12.8 Å². The molecular formula is C15H20FNO2. The first kappa shape index (κ1) is 13.8. The van der Waals surface area contributed by atoms with E-state index in [2.05, 4.69) is 5.32 Å². The molecule has 0 aliphatic heterocycles. The van der Waals surface area contributed by atoms with Gasteiger partial charge in [0.25, 0.3) is 0 Å². The first-order valence-corrected chi connectivity index (χ1v) is 6.51. The van der Waals surface area contributed by atoms with Crippen molar-refractivity contribution in [2.75, 3.05) is 0 Å². The van der Waals surface area contributed by atoms with Gasteiger partial charge in [-0.15, -0.1) is 0 Å². The van der Waals surface area contributed by atoms with Gasteiger partial charge in [-0.2, -0.15) is 0 Å². The molecule has 1 saturated carbocycles. The number of halogens is 1. The molecule has 1 aliphatic rings. The summed E-state index contributed by atoms with van der Waals surface area (Å²) < 4.78 is 18.5. The van der Waals surface area contributed by atoms with Crippen LogP contribution in [0.3, 0.4) is 0 Å². The molecule has 0 bridgehead atoms. The lowest BCUT2D eigenvalue weighted by Gasteiger charge is -2.45. The SMILES string of the molecule is CC(C)(C)OC(=O)NC1(c2ccccc2)CC(F)C1. The molecule has 1 fully saturated rings. The fourth-order valence-electron chi connectivity index (χ4n) is 2.36. The highest BCUT2D eigenvalue weighted by molar-refractivity contribution is 5.69. The van der Waals surface area contributed by atoms with Crippen molar-refractivity contribution < 1.29 is 13.9 Å². The van der Waals surface area contributed by atoms with Crippen molar-refractivity contribution in [1.82, 2.24) is 5.32 Å². The van der Waals surface area contributed by atoms with Crippen molar-refractivity contribution in [3.8, 4) is 0 Å². The third-order valence-electron chi connectivity index (χ3n) is 3.21. The Kier molecular flexibility index (Phi) is 3.52. The van der Waals surface area contributed by atoms with Crippen LogP contribution in [0.4, 0.5) is 9.18 Å². The quantitative estimate of drug-likeness (QED) is 0.888. The standard InChI is InChI=1S/C15H20FNO2/c1-14(2,3)19-13(18)17-15(9-12(16)10-15)11-7-5-4-6-8-11/h4-8,12H,9-10H2,1-3H3,(H,17,18). The van der Waals surface area contributed by atoms with E-state index in [0.717, 1.165) is 5.56 Å². The number of carbonyl (C=O) groups is 1. The van der Waals surface area contributed by atoms with Crippen molar-refractivity contribution in [3.05, 3.63) is 35.9 Å². The van der Waals surface area contributed by atoms with Crippen LogP contribution in [-0.2, 0) is 10.3 Å². The Hall–Kier alpha value is -1.58. The molecule has 1 aromatic rings. The van der Waals surface area contributed by atoms with Gasteiger partial charge in [0.15, 0.2) is 0 Å². The number of benzene rings is 1. The minimum atomic E-state index is -0.866. The first-order chi connectivity index (χ1) is 8.81. The first-order valence-electron chi connectivity index (χ1n) is 6.51. The molecule has 4 heteroatoms. The number of amides is 1. The van der Waals surface area contributed by atoms with Gasteiger partial charge in [0.05, 0.1) is 5.54 Å². The van der Waals surface area contributed by atoms with E-state index >= 15 is 0 Å². The van der Waals surface area contributed by atoms with Crippen LogP contribution in [0.5, 0.6) is 0 Å². The Morgan fingerprint density at radius 2 is 1.89 bits per heavy atom. The molecule has 0 aromatic heterocycles. The largest absolute Gasteiger partial charge is 0.444 e. The zero-order chi connectivity index (χ0) is 14.1. The third kappa shape index (κ3) is 3.25. The second kappa shape index (κ2) is 4.83. The number of hydrogen-bond donors (Lipinski definition) is 1. The van der Waals surface area contributed by atoms with Gasteiger partial charge in [0, 0.05) is 12.8 Å². The number of alkyl carbamates (subject to hydrolysis) is 1. The summed E-state index contributed by atoms with van der Waals surface area (Å²) in [5.74, 6) is 0. The second-order valence-corrected chi connectivity index (χ2v) is 6.08. The zero-order valence-electron chi connectivity index (χ0n) is 11.6. The highest BCUT2D eigenvalue weighted by atomic mass is 19.1. The van der Waals surface area contributed by atoms with Crippen molar-refractivity contribution in [2.24, 2.45) is 0 Å². The predicted octanol–water partition coefficient (Wildman–Crippen LogP) is 3.54. The number of ether oxygens (including phenoxy) is 1. The Balaban J connectivity index is 2.12. The maximum atomic E-state index is 13.3. The van der Waals surface area contributed by atoms with Gasteiger partial charge in [-0.3, -0.25) is 0 Å². The van der Waals surface area contributed by atoms with Crippen molar-refractivity contribution in [2.45, 2.75) is 50.9 Å². The molecule has 2 rings (SSSR count). The Bertz CT molecular complexity index is 447. The summed E-state index contributed by atoms with van der Waals surface area (Å²) in [6, 6.07) is 9.49. The van der Waals surface area contributed by atoms with Gasteiger partial charge >= 0.3 is 6.09 Å². The molecule has 0 unspecified atom stereocenters. The van der Waals surface area contributed by atoms with E-state index in [-0.39, 0.29) is 0 Å². The minimum Gasteiger partial charge on any atom is -0.444 e. The maximum absolute atomic E-state index is 13.3. The number of carbonyl (C=O) groups excluding carboxylic acids is 1. The number of hydrogen-bond acceptors (Lipinski definition) is 2. The smallest absolute Gasteiger partial charge is 0.408 e. The van der Waals surface area contributed by atoms with Crippen LogP contribution < -0.4 is 5.32 Å². The number of nitrogens with one attached hydrogen (secondary N) is 1. The summed E-state index contributed by atoms with van der Waals surface area (Å²) in [5, 5.41) is 2.83. The Labute approximate surface area is 113 Å². The summed E-state index contributed by atoms with van der Waals surface area (Å²) in [5.41, 5.74) is -0.251. The van der Waals surface area contributed by atoms with Crippen molar-refractivity contribution in [1.29, 1.82) is 0 Å².